The number of hydrogen-bond acceptors (Lipinski definition) is 2. The van der Waals surface area contributed by atoms with Gasteiger partial charge in [-0.05, 0) is 51.8 Å². The topological polar surface area (TPSA) is 78.4 Å². The summed E-state index contributed by atoms with van der Waals surface area (Å²) in [7, 11) is 0. The molecule has 2 aromatic heterocycles. The molecule has 5 nitrogen and oxygen atoms in total. The van der Waals surface area contributed by atoms with Gasteiger partial charge in [-0.15, -0.1) is 0 Å². The summed E-state index contributed by atoms with van der Waals surface area (Å²) < 4.78 is 40.6. The summed E-state index contributed by atoms with van der Waals surface area (Å²) in [6.07, 6.45) is -1.16. The third kappa shape index (κ3) is 5.41. The number of alkyl halides is 3. The molecular weight excluding hydrogens is 427 g/mol. The number of nitrogens with one attached hydrogen (secondary N) is 1. The molecule has 0 spiro atoms. The number of hydrogen-bond donors (Lipinski definition) is 1. The van der Waals surface area contributed by atoms with Gasteiger partial charge in [0.05, 0.1) is 11.1 Å². The molecule has 0 saturated carbocycles. The van der Waals surface area contributed by atoms with E-state index >= 15 is 0 Å². The first-order valence-corrected chi connectivity index (χ1v) is 8.36. The van der Waals surface area contributed by atoms with Crippen molar-refractivity contribution in [3.8, 4) is 0 Å². The van der Waals surface area contributed by atoms with Crippen molar-refractivity contribution in [1.82, 2.24) is 9.55 Å². The Bertz CT molecular complexity index is 941. The van der Waals surface area contributed by atoms with E-state index in [9.17, 15) is 18.0 Å². The number of anilines is 1. The minimum atomic E-state index is -4.38. The van der Waals surface area contributed by atoms with Crippen LogP contribution in [-0.2, 0) is 12.7 Å². The molecule has 0 radical (unpaired) electrons. The Morgan fingerprint density at radius 3 is 2.59 bits per heavy atom. The van der Waals surface area contributed by atoms with Crippen molar-refractivity contribution in [2.75, 3.05) is 5.32 Å². The molecule has 0 atom stereocenters. The van der Waals surface area contributed by atoms with Crippen LogP contribution in [0.15, 0.2) is 65.5 Å². The highest BCUT2D eigenvalue weighted by molar-refractivity contribution is 9.10. The Morgan fingerprint density at radius 1 is 1.15 bits per heavy atom. The van der Waals surface area contributed by atoms with E-state index in [2.05, 4.69) is 26.2 Å². The van der Waals surface area contributed by atoms with Crippen molar-refractivity contribution in [3.05, 3.63) is 82.2 Å². The van der Waals surface area contributed by atoms with Crippen LogP contribution in [0.4, 0.5) is 19.0 Å². The Morgan fingerprint density at radius 2 is 1.89 bits per heavy atom. The zero-order valence-electron chi connectivity index (χ0n) is 13.8. The predicted molar refractivity (Wildman–Crippen MR) is 98.5 cm³/mol. The standard InChI is InChI=1S/C18H13BrF3N3O.H2O/c19-15-5-2-6-16(23-15)24-17(26)13-7-8-25(11-13)10-12-3-1-4-14(9-12)18(20,21)22;/h1-9,11H,10H2,(H,23,24,26);1H2. The van der Waals surface area contributed by atoms with Crippen LogP contribution in [0.2, 0.25) is 0 Å². The largest absolute Gasteiger partial charge is 0.416 e. The molecule has 0 unspecified atom stereocenters. The normalized spacial score (nSPS) is 11.0. The lowest BCUT2D eigenvalue weighted by Gasteiger charge is -2.09. The fraction of sp³-hybridized carbons (Fsp3) is 0.111. The molecule has 9 heteroatoms. The highest BCUT2D eigenvalue weighted by atomic mass is 79.9. The number of rotatable bonds is 4. The van der Waals surface area contributed by atoms with Crippen LogP contribution in [-0.4, -0.2) is 20.9 Å². The van der Waals surface area contributed by atoms with Crippen LogP contribution in [0, 0.1) is 0 Å². The maximum Gasteiger partial charge on any atom is 0.416 e. The van der Waals surface area contributed by atoms with E-state index in [1.165, 1.54) is 6.07 Å². The summed E-state index contributed by atoms with van der Waals surface area (Å²) >= 11 is 3.22. The van der Waals surface area contributed by atoms with Crippen molar-refractivity contribution in [3.63, 3.8) is 0 Å². The molecule has 0 aliphatic heterocycles. The molecule has 0 fully saturated rings. The molecule has 3 rings (SSSR count). The van der Waals surface area contributed by atoms with Gasteiger partial charge in [0, 0.05) is 18.9 Å². The van der Waals surface area contributed by atoms with Gasteiger partial charge in [0.2, 0.25) is 0 Å². The molecule has 27 heavy (non-hydrogen) atoms. The van der Waals surface area contributed by atoms with E-state index in [-0.39, 0.29) is 17.9 Å². The quantitative estimate of drug-likeness (QED) is 0.617. The fourth-order valence-electron chi connectivity index (χ4n) is 2.40. The van der Waals surface area contributed by atoms with Crippen molar-refractivity contribution < 1.29 is 23.4 Å². The van der Waals surface area contributed by atoms with Gasteiger partial charge in [0.25, 0.3) is 5.91 Å². The first-order valence-electron chi connectivity index (χ1n) is 7.57. The lowest BCUT2D eigenvalue weighted by atomic mass is 10.1. The van der Waals surface area contributed by atoms with Gasteiger partial charge in [0.15, 0.2) is 0 Å². The van der Waals surface area contributed by atoms with E-state index in [1.54, 1.807) is 47.3 Å². The Hall–Kier alpha value is -2.65. The monoisotopic (exact) mass is 441 g/mol. The number of halogens is 4. The van der Waals surface area contributed by atoms with Crippen molar-refractivity contribution >= 4 is 27.7 Å². The first-order chi connectivity index (χ1) is 12.3. The summed E-state index contributed by atoms with van der Waals surface area (Å²) in [6, 6.07) is 11.8. The second-order valence-corrected chi connectivity index (χ2v) is 6.38. The highest BCUT2D eigenvalue weighted by Gasteiger charge is 2.30. The maximum atomic E-state index is 12.8. The van der Waals surface area contributed by atoms with Crippen LogP contribution < -0.4 is 5.32 Å². The molecule has 2 heterocycles. The number of carbonyl (C=O) groups is 1. The van der Waals surface area contributed by atoms with Gasteiger partial charge in [-0.3, -0.25) is 4.79 Å². The summed E-state index contributed by atoms with van der Waals surface area (Å²) in [6.45, 7) is 0.229. The summed E-state index contributed by atoms with van der Waals surface area (Å²) in [5, 5.41) is 2.66. The Balaban J connectivity index is 0.00000261. The smallest absolute Gasteiger partial charge is 0.412 e. The van der Waals surface area contributed by atoms with Gasteiger partial charge in [-0.1, -0.05) is 18.2 Å². The van der Waals surface area contributed by atoms with Gasteiger partial charge in [-0.25, -0.2) is 4.98 Å². The fourth-order valence-corrected chi connectivity index (χ4v) is 2.74. The molecule has 1 amide bonds. The molecule has 3 aromatic rings. The summed E-state index contributed by atoms with van der Waals surface area (Å²) in [4.78, 5) is 16.4. The summed E-state index contributed by atoms with van der Waals surface area (Å²) in [5.41, 5.74) is 0.190. The van der Waals surface area contributed by atoms with Gasteiger partial charge in [0.1, 0.15) is 10.4 Å². The zero-order chi connectivity index (χ0) is 18.7. The minimum absolute atomic E-state index is 0. The molecular formula is C18H15BrF3N3O2. The molecule has 1 aromatic carbocycles. The third-order valence-electron chi connectivity index (χ3n) is 3.59. The molecule has 0 aliphatic carbocycles. The highest BCUT2D eigenvalue weighted by Crippen LogP contribution is 2.29. The number of carbonyl (C=O) groups excluding carboxylic acids is 1. The average Bonchev–Trinajstić information content (AvgIpc) is 3.03. The molecule has 0 bridgehead atoms. The van der Waals surface area contributed by atoms with Crippen LogP contribution in [0.3, 0.4) is 0 Å². The number of benzene rings is 1. The third-order valence-corrected chi connectivity index (χ3v) is 4.03. The SMILES string of the molecule is O.O=C(Nc1cccc(Br)n1)c1ccn(Cc2cccc(C(F)(F)F)c2)c1. The van der Waals surface area contributed by atoms with Crippen molar-refractivity contribution in [2.45, 2.75) is 12.7 Å². The average molecular weight is 442 g/mol. The predicted octanol–water partition coefficient (Wildman–Crippen LogP) is 4.14. The van der Waals surface area contributed by atoms with Crippen molar-refractivity contribution in [2.24, 2.45) is 0 Å². The second-order valence-electron chi connectivity index (χ2n) is 5.57. The Labute approximate surface area is 161 Å². The second kappa shape index (κ2) is 8.36. The van der Waals surface area contributed by atoms with Crippen LogP contribution in [0.25, 0.3) is 0 Å². The van der Waals surface area contributed by atoms with E-state index in [0.717, 1.165) is 12.1 Å². The van der Waals surface area contributed by atoms with Gasteiger partial charge in [-0.2, -0.15) is 13.2 Å². The van der Waals surface area contributed by atoms with Gasteiger partial charge >= 0.3 is 6.18 Å². The lowest BCUT2D eigenvalue weighted by Crippen LogP contribution is -2.12. The minimum Gasteiger partial charge on any atom is -0.412 e. The van der Waals surface area contributed by atoms with Crippen LogP contribution in [0.1, 0.15) is 21.5 Å². The summed E-state index contributed by atoms with van der Waals surface area (Å²) in [5.74, 6) is 0.0494. The van der Waals surface area contributed by atoms with Crippen LogP contribution >= 0.6 is 15.9 Å². The molecule has 0 saturated heterocycles. The van der Waals surface area contributed by atoms with E-state index in [0.29, 0.717) is 21.5 Å². The van der Waals surface area contributed by atoms with Crippen molar-refractivity contribution in [1.29, 1.82) is 0 Å². The van der Waals surface area contributed by atoms with Crippen LogP contribution in [0.5, 0.6) is 0 Å². The number of amides is 1. The van der Waals surface area contributed by atoms with Gasteiger partial charge < -0.3 is 15.4 Å². The van der Waals surface area contributed by atoms with E-state index in [4.69, 9.17) is 0 Å². The number of nitrogens with zero attached hydrogens (tertiary/aromatic N) is 2. The van der Waals surface area contributed by atoms with E-state index in [1.807, 2.05) is 0 Å². The van der Waals surface area contributed by atoms with E-state index < -0.39 is 11.7 Å². The molecule has 3 N–H and O–H groups in total. The number of pyridine rings is 1. The zero-order valence-corrected chi connectivity index (χ0v) is 15.4. The first kappa shape index (κ1) is 20.7. The molecule has 142 valence electrons. The lowest BCUT2D eigenvalue weighted by molar-refractivity contribution is -0.137. The molecule has 0 aliphatic rings. The maximum absolute atomic E-state index is 12.8. The number of aromatic nitrogens is 2. The Kier molecular flexibility index (Phi) is 6.40.